The van der Waals surface area contributed by atoms with E-state index in [-0.39, 0.29) is 0 Å². The van der Waals surface area contributed by atoms with E-state index >= 15 is 0 Å². The standard InChI is InChI=1S/C15H30N2O/c1-2-14-5-3-9-17(10-7-14)11-8-16-13-15-6-4-12-18-15/h14-16H,2-13H2,1H3. The molecule has 2 fully saturated rings. The Labute approximate surface area is 112 Å². The van der Waals surface area contributed by atoms with E-state index in [0.29, 0.717) is 6.10 Å². The molecule has 0 aromatic rings. The highest BCUT2D eigenvalue weighted by Gasteiger charge is 2.16. The summed E-state index contributed by atoms with van der Waals surface area (Å²) in [6.45, 7) is 9.30. The summed E-state index contributed by atoms with van der Waals surface area (Å²) in [6.07, 6.45) is 8.58. The van der Waals surface area contributed by atoms with Crippen molar-refractivity contribution in [1.82, 2.24) is 10.2 Å². The lowest BCUT2D eigenvalue weighted by Gasteiger charge is -2.20. The van der Waals surface area contributed by atoms with Crippen molar-refractivity contribution >= 4 is 0 Å². The van der Waals surface area contributed by atoms with E-state index in [4.69, 9.17) is 4.74 Å². The SMILES string of the molecule is CCC1CCCN(CCNCC2CCCO2)CC1. The molecule has 18 heavy (non-hydrogen) atoms. The first-order valence-electron chi connectivity index (χ1n) is 7.93. The summed E-state index contributed by atoms with van der Waals surface area (Å²) in [5.74, 6) is 0.981. The summed E-state index contributed by atoms with van der Waals surface area (Å²) in [5.41, 5.74) is 0. The first kappa shape index (κ1) is 14.3. The third-order valence-electron chi connectivity index (χ3n) is 4.52. The predicted molar refractivity (Wildman–Crippen MR) is 75.9 cm³/mol. The Balaban J connectivity index is 1.53. The number of ether oxygens (including phenoxy) is 1. The number of likely N-dealkylation sites (tertiary alicyclic amines) is 1. The zero-order valence-corrected chi connectivity index (χ0v) is 12.0. The van der Waals surface area contributed by atoms with Crippen LogP contribution >= 0.6 is 0 Å². The van der Waals surface area contributed by atoms with Crippen LogP contribution in [0.25, 0.3) is 0 Å². The summed E-state index contributed by atoms with van der Waals surface area (Å²) < 4.78 is 5.62. The monoisotopic (exact) mass is 254 g/mol. The second kappa shape index (κ2) is 8.13. The summed E-state index contributed by atoms with van der Waals surface area (Å²) in [6, 6.07) is 0. The fraction of sp³-hybridized carbons (Fsp3) is 1.00. The molecular formula is C15H30N2O. The molecule has 0 saturated carbocycles. The molecule has 2 unspecified atom stereocenters. The molecular weight excluding hydrogens is 224 g/mol. The van der Waals surface area contributed by atoms with Crippen LogP contribution < -0.4 is 5.32 Å². The van der Waals surface area contributed by atoms with Gasteiger partial charge in [-0.25, -0.2) is 0 Å². The number of nitrogens with one attached hydrogen (secondary N) is 1. The predicted octanol–water partition coefficient (Wildman–Crippen LogP) is 2.27. The highest BCUT2D eigenvalue weighted by molar-refractivity contribution is 4.71. The highest BCUT2D eigenvalue weighted by Crippen LogP contribution is 2.19. The maximum atomic E-state index is 5.62. The maximum absolute atomic E-state index is 5.62. The summed E-state index contributed by atoms with van der Waals surface area (Å²) in [5, 5.41) is 3.55. The number of hydrogen-bond donors (Lipinski definition) is 1. The molecule has 0 amide bonds. The Morgan fingerprint density at radius 2 is 2.11 bits per heavy atom. The van der Waals surface area contributed by atoms with Crippen molar-refractivity contribution in [1.29, 1.82) is 0 Å². The average molecular weight is 254 g/mol. The minimum Gasteiger partial charge on any atom is -0.377 e. The molecule has 0 aromatic carbocycles. The number of hydrogen-bond acceptors (Lipinski definition) is 3. The molecule has 2 rings (SSSR count). The van der Waals surface area contributed by atoms with Gasteiger partial charge in [-0.15, -0.1) is 0 Å². The van der Waals surface area contributed by atoms with Crippen LogP contribution in [-0.2, 0) is 4.74 Å². The fourth-order valence-electron chi connectivity index (χ4n) is 3.16. The number of nitrogens with zero attached hydrogens (tertiary/aromatic N) is 1. The van der Waals surface area contributed by atoms with Crippen molar-refractivity contribution in [2.45, 2.75) is 51.6 Å². The molecule has 0 aliphatic carbocycles. The lowest BCUT2D eigenvalue weighted by Crippen LogP contribution is -2.35. The summed E-state index contributed by atoms with van der Waals surface area (Å²) >= 11 is 0. The van der Waals surface area contributed by atoms with Gasteiger partial charge in [0.15, 0.2) is 0 Å². The molecule has 0 aromatic heterocycles. The van der Waals surface area contributed by atoms with E-state index < -0.39 is 0 Å². The minimum absolute atomic E-state index is 0.485. The van der Waals surface area contributed by atoms with Gasteiger partial charge < -0.3 is 15.0 Å². The molecule has 106 valence electrons. The van der Waals surface area contributed by atoms with Crippen LogP contribution in [0.2, 0.25) is 0 Å². The summed E-state index contributed by atoms with van der Waals surface area (Å²) in [4.78, 5) is 2.64. The average Bonchev–Trinajstić information content (AvgIpc) is 2.80. The van der Waals surface area contributed by atoms with E-state index in [9.17, 15) is 0 Å². The van der Waals surface area contributed by atoms with Gasteiger partial charge in [0.2, 0.25) is 0 Å². The van der Waals surface area contributed by atoms with Crippen LogP contribution in [0.4, 0.5) is 0 Å². The molecule has 3 nitrogen and oxygen atoms in total. The highest BCUT2D eigenvalue weighted by atomic mass is 16.5. The van der Waals surface area contributed by atoms with E-state index in [1.54, 1.807) is 0 Å². The Bertz CT molecular complexity index is 217. The third kappa shape index (κ3) is 4.87. The second-order valence-corrected chi connectivity index (χ2v) is 5.89. The molecule has 2 heterocycles. The Hall–Kier alpha value is -0.120. The van der Waals surface area contributed by atoms with Gasteiger partial charge in [-0.1, -0.05) is 13.3 Å². The smallest absolute Gasteiger partial charge is 0.0700 e. The summed E-state index contributed by atoms with van der Waals surface area (Å²) in [7, 11) is 0. The van der Waals surface area contributed by atoms with Gasteiger partial charge in [-0.2, -0.15) is 0 Å². The van der Waals surface area contributed by atoms with Crippen molar-refractivity contribution in [2.24, 2.45) is 5.92 Å². The van der Waals surface area contributed by atoms with Gasteiger partial charge >= 0.3 is 0 Å². The molecule has 2 atom stereocenters. The van der Waals surface area contributed by atoms with Crippen LogP contribution in [-0.4, -0.2) is 50.3 Å². The van der Waals surface area contributed by atoms with Crippen LogP contribution in [0.3, 0.4) is 0 Å². The first-order valence-corrected chi connectivity index (χ1v) is 7.93. The van der Waals surface area contributed by atoms with Gasteiger partial charge in [0.05, 0.1) is 6.10 Å². The van der Waals surface area contributed by atoms with E-state index in [0.717, 1.165) is 25.6 Å². The fourth-order valence-corrected chi connectivity index (χ4v) is 3.16. The topological polar surface area (TPSA) is 24.5 Å². The van der Waals surface area contributed by atoms with E-state index in [1.165, 1.54) is 58.2 Å². The lowest BCUT2D eigenvalue weighted by molar-refractivity contribution is 0.109. The molecule has 3 heteroatoms. The molecule has 1 N–H and O–H groups in total. The number of rotatable bonds is 6. The zero-order valence-electron chi connectivity index (χ0n) is 12.0. The second-order valence-electron chi connectivity index (χ2n) is 5.89. The van der Waals surface area contributed by atoms with Crippen molar-refractivity contribution in [2.75, 3.05) is 39.3 Å². The normalized spacial score (nSPS) is 30.5. The van der Waals surface area contributed by atoms with Gasteiger partial charge in [0, 0.05) is 26.2 Å². The largest absolute Gasteiger partial charge is 0.377 e. The van der Waals surface area contributed by atoms with Crippen molar-refractivity contribution < 1.29 is 4.74 Å². The van der Waals surface area contributed by atoms with Crippen molar-refractivity contribution in [3.8, 4) is 0 Å². The zero-order chi connectivity index (χ0) is 12.6. The maximum Gasteiger partial charge on any atom is 0.0700 e. The van der Waals surface area contributed by atoms with Gasteiger partial charge in [-0.3, -0.25) is 0 Å². The van der Waals surface area contributed by atoms with Crippen molar-refractivity contribution in [3.63, 3.8) is 0 Å². The molecule has 0 radical (unpaired) electrons. The van der Waals surface area contributed by atoms with Crippen LogP contribution in [0.5, 0.6) is 0 Å². The Morgan fingerprint density at radius 3 is 2.89 bits per heavy atom. The molecule has 2 aliphatic rings. The minimum atomic E-state index is 0.485. The van der Waals surface area contributed by atoms with Gasteiger partial charge in [-0.05, 0) is 51.1 Å². The molecule has 0 spiro atoms. The Morgan fingerprint density at radius 1 is 1.17 bits per heavy atom. The van der Waals surface area contributed by atoms with E-state index in [1.807, 2.05) is 0 Å². The molecule has 2 saturated heterocycles. The van der Waals surface area contributed by atoms with Gasteiger partial charge in [0.1, 0.15) is 0 Å². The van der Waals surface area contributed by atoms with Crippen LogP contribution in [0.15, 0.2) is 0 Å². The lowest BCUT2D eigenvalue weighted by atomic mass is 9.98. The third-order valence-corrected chi connectivity index (χ3v) is 4.52. The molecule has 0 bridgehead atoms. The van der Waals surface area contributed by atoms with Crippen LogP contribution in [0, 0.1) is 5.92 Å². The quantitative estimate of drug-likeness (QED) is 0.736. The van der Waals surface area contributed by atoms with Gasteiger partial charge in [0.25, 0.3) is 0 Å². The molecule has 2 aliphatic heterocycles. The van der Waals surface area contributed by atoms with E-state index in [2.05, 4.69) is 17.1 Å². The first-order chi connectivity index (χ1) is 8.88. The Kier molecular flexibility index (Phi) is 6.46. The van der Waals surface area contributed by atoms with Crippen molar-refractivity contribution in [3.05, 3.63) is 0 Å². The van der Waals surface area contributed by atoms with Crippen LogP contribution in [0.1, 0.15) is 45.4 Å².